The Balaban J connectivity index is 2.79. The Kier molecular flexibility index (Phi) is 4.51. The summed E-state index contributed by atoms with van der Waals surface area (Å²) in [6.07, 6.45) is -0.428. The van der Waals surface area contributed by atoms with Crippen LogP contribution in [0.15, 0.2) is 0 Å². The van der Waals surface area contributed by atoms with Gasteiger partial charge in [0.25, 0.3) is 0 Å². The minimum absolute atomic E-state index is 0.0315. The number of aliphatic carboxylic acids is 1. The van der Waals surface area contributed by atoms with Gasteiger partial charge < -0.3 is 10.2 Å². The van der Waals surface area contributed by atoms with Crippen LogP contribution in [0, 0.1) is 5.92 Å². The number of carboxylic acid groups (broad SMARTS) is 1. The van der Waals surface area contributed by atoms with Crippen LogP contribution in [0.3, 0.4) is 0 Å². The van der Waals surface area contributed by atoms with Gasteiger partial charge in [-0.2, -0.15) is 4.31 Å². The molecule has 1 aliphatic rings. The predicted octanol–water partition coefficient (Wildman–Crippen LogP) is -0.118. The Morgan fingerprint density at radius 3 is 2.53 bits per heavy atom. The van der Waals surface area contributed by atoms with E-state index in [1.807, 2.05) is 13.8 Å². The van der Waals surface area contributed by atoms with Crippen molar-refractivity contribution >= 4 is 16.0 Å². The van der Waals surface area contributed by atoms with Crippen molar-refractivity contribution in [1.29, 1.82) is 0 Å². The molecule has 0 radical (unpaired) electrons. The molecule has 1 fully saturated rings. The first-order chi connectivity index (χ1) is 7.74. The lowest BCUT2D eigenvalue weighted by atomic mass is 10.2. The maximum atomic E-state index is 11.9. The van der Waals surface area contributed by atoms with E-state index in [1.165, 1.54) is 0 Å². The monoisotopic (exact) mass is 265 g/mol. The predicted molar refractivity (Wildman–Crippen MR) is 62.0 cm³/mol. The van der Waals surface area contributed by atoms with E-state index in [0.717, 1.165) is 4.31 Å². The SMILES string of the molecule is CC(C)CCS(=O)(=O)N1CC(O)C[C@H]1C(=O)O. The molecule has 1 unspecified atom stereocenters. The molecule has 2 atom stereocenters. The Hall–Kier alpha value is -0.660. The summed E-state index contributed by atoms with van der Waals surface area (Å²) >= 11 is 0. The number of nitrogens with zero attached hydrogens (tertiary/aromatic N) is 1. The summed E-state index contributed by atoms with van der Waals surface area (Å²) in [4.78, 5) is 10.9. The summed E-state index contributed by atoms with van der Waals surface area (Å²) in [6.45, 7) is 3.70. The van der Waals surface area contributed by atoms with Crippen LogP contribution in [0.2, 0.25) is 0 Å². The molecule has 0 aliphatic carbocycles. The van der Waals surface area contributed by atoms with E-state index in [9.17, 15) is 18.3 Å². The van der Waals surface area contributed by atoms with Crippen LogP contribution in [-0.2, 0) is 14.8 Å². The highest BCUT2D eigenvalue weighted by atomic mass is 32.2. The number of carbonyl (C=O) groups is 1. The second-order valence-electron chi connectivity index (χ2n) is 4.81. The molecule has 0 aromatic carbocycles. The second-order valence-corrected chi connectivity index (χ2v) is 6.85. The van der Waals surface area contributed by atoms with Gasteiger partial charge in [0.05, 0.1) is 11.9 Å². The fourth-order valence-corrected chi connectivity index (χ4v) is 3.79. The van der Waals surface area contributed by atoms with Gasteiger partial charge >= 0.3 is 5.97 Å². The zero-order valence-electron chi connectivity index (χ0n) is 10.0. The van der Waals surface area contributed by atoms with E-state index in [2.05, 4.69) is 0 Å². The highest BCUT2D eigenvalue weighted by Crippen LogP contribution is 2.23. The minimum atomic E-state index is -3.59. The first-order valence-corrected chi connectivity index (χ1v) is 7.25. The molecule has 17 heavy (non-hydrogen) atoms. The van der Waals surface area contributed by atoms with Gasteiger partial charge in [-0.1, -0.05) is 13.8 Å². The fourth-order valence-electron chi connectivity index (χ4n) is 1.82. The molecule has 2 N–H and O–H groups in total. The van der Waals surface area contributed by atoms with E-state index in [0.29, 0.717) is 6.42 Å². The van der Waals surface area contributed by atoms with Gasteiger partial charge in [-0.25, -0.2) is 8.42 Å². The summed E-state index contributed by atoms with van der Waals surface area (Å²) in [6, 6.07) is -1.12. The van der Waals surface area contributed by atoms with Crippen molar-refractivity contribution in [3.8, 4) is 0 Å². The van der Waals surface area contributed by atoms with Crippen LogP contribution >= 0.6 is 0 Å². The highest BCUT2D eigenvalue weighted by molar-refractivity contribution is 7.89. The summed E-state index contributed by atoms with van der Waals surface area (Å²) in [5.74, 6) is -1.03. The maximum absolute atomic E-state index is 11.9. The van der Waals surface area contributed by atoms with Crippen LogP contribution in [0.1, 0.15) is 26.7 Å². The first-order valence-electron chi connectivity index (χ1n) is 5.64. The molecule has 6 nitrogen and oxygen atoms in total. The molecule has 1 heterocycles. The summed E-state index contributed by atoms with van der Waals surface area (Å²) < 4.78 is 24.8. The van der Waals surface area contributed by atoms with E-state index in [4.69, 9.17) is 5.11 Å². The van der Waals surface area contributed by atoms with Crippen LogP contribution in [0.25, 0.3) is 0 Å². The normalized spacial score (nSPS) is 26.6. The standard InChI is InChI=1S/C10H19NO5S/c1-7(2)3-4-17(15,16)11-6-8(12)5-9(11)10(13)14/h7-9,12H,3-6H2,1-2H3,(H,13,14)/t8?,9-/m0/s1. The van der Waals surface area contributed by atoms with Crippen LogP contribution in [0.5, 0.6) is 0 Å². The lowest BCUT2D eigenvalue weighted by molar-refractivity contribution is -0.140. The number of hydrogen-bond acceptors (Lipinski definition) is 4. The number of aliphatic hydroxyl groups is 1. The zero-order valence-corrected chi connectivity index (χ0v) is 10.9. The lowest BCUT2D eigenvalue weighted by Crippen LogP contribution is -2.41. The van der Waals surface area contributed by atoms with Crippen molar-refractivity contribution in [1.82, 2.24) is 4.31 Å². The molecule has 0 spiro atoms. The molecule has 1 aliphatic heterocycles. The van der Waals surface area contributed by atoms with E-state index in [-0.39, 0.29) is 24.6 Å². The third-order valence-electron chi connectivity index (χ3n) is 2.83. The van der Waals surface area contributed by atoms with Crippen LogP contribution in [-0.4, -0.2) is 53.3 Å². The van der Waals surface area contributed by atoms with Crippen molar-refractivity contribution < 1.29 is 23.4 Å². The van der Waals surface area contributed by atoms with Crippen molar-refractivity contribution in [2.45, 2.75) is 38.8 Å². The summed E-state index contributed by atoms with van der Waals surface area (Å²) in [5, 5.41) is 18.3. The van der Waals surface area contributed by atoms with Gasteiger partial charge in [0.1, 0.15) is 6.04 Å². The number of aliphatic hydroxyl groups excluding tert-OH is 1. The van der Waals surface area contributed by atoms with Gasteiger partial charge in [-0.05, 0) is 12.3 Å². The van der Waals surface area contributed by atoms with Crippen molar-refractivity contribution in [3.63, 3.8) is 0 Å². The Bertz CT molecular complexity index is 378. The van der Waals surface area contributed by atoms with Crippen molar-refractivity contribution in [3.05, 3.63) is 0 Å². The van der Waals surface area contributed by atoms with Crippen molar-refractivity contribution in [2.24, 2.45) is 5.92 Å². The van der Waals surface area contributed by atoms with Gasteiger partial charge in [-0.3, -0.25) is 4.79 Å². The average molecular weight is 265 g/mol. The number of sulfonamides is 1. The average Bonchev–Trinajstić information content (AvgIpc) is 2.58. The molecule has 0 saturated carbocycles. The van der Waals surface area contributed by atoms with E-state index >= 15 is 0 Å². The minimum Gasteiger partial charge on any atom is -0.480 e. The van der Waals surface area contributed by atoms with Gasteiger partial charge in [0.2, 0.25) is 10.0 Å². The third kappa shape index (κ3) is 3.65. The largest absolute Gasteiger partial charge is 0.480 e. The fraction of sp³-hybridized carbons (Fsp3) is 0.900. The number of β-amino-alcohol motifs (C(OH)–C–C–N with tert-alkyl or cyclic N) is 1. The maximum Gasteiger partial charge on any atom is 0.322 e. The molecule has 0 bridgehead atoms. The number of carboxylic acids is 1. The van der Waals surface area contributed by atoms with E-state index < -0.39 is 28.1 Å². The van der Waals surface area contributed by atoms with Crippen LogP contribution < -0.4 is 0 Å². The molecule has 1 rings (SSSR count). The van der Waals surface area contributed by atoms with Crippen LogP contribution in [0.4, 0.5) is 0 Å². The molecule has 0 amide bonds. The molecule has 100 valence electrons. The lowest BCUT2D eigenvalue weighted by Gasteiger charge is -2.21. The highest BCUT2D eigenvalue weighted by Gasteiger charge is 2.42. The quantitative estimate of drug-likeness (QED) is 0.722. The topological polar surface area (TPSA) is 94.9 Å². The summed E-state index contributed by atoms with van der Waals surface area (Å²) in [7, 11) is -3.59. The smallest absolute Gasteiger partial charge is 0.322 e. The molecule has 7 heteroatoms. The number of rotatable bonds is 5. The summed E-state index contributed by atoms with van der Waals surface area (Å²) in [5.41, 5.74) is 0. The molecular formula is C10H19NO5S. The third-order valence-corrected chi connectivity index (χ3v) is 4.70. The van der Waals surface area contributed by atoms with E-state index in [1.54, 1.807) is 0 Å². The molecular weight excluding hydrogens is 246 g/mol. The molecule has 0 aromatic rings. The first kappa shape index (κ1) is 14.4. The van der Waals surface area contributed by atoms with Gasteiger partial charge in [0, 0.05) is 13.0 Å². The Morgan fingerprint density at radius 2 is 2.06 bits per heavy atom. The molecule has 1 saturated heterocycles. The second kappa shape index (κ2) is 5.32. The Labute approximate surface area is 101 Å². The zero-order chi connectivity index (χ0) is 13.2. The molecule has 0 aromatic heterocycles. The van der Waals surface area contributed by atoms with Gasteiger partial charge in [-0.15, -0.1) is 0 Å². The Morgan fingerprint density at radius 1 is 1.47 bits per heavy atom. The van der Waals surface area contributed by atoms with Crippen molar-refractivity contribution in [2.75, 3.05) is 12.3 Å². The number of hydrogen-bond donors (Lipinski definition) is 2. The van der Waals surface area contributed by atoms with Gasteiger partial charge in [0.15, 0.2) is 0 Å².